The van der Waals surface area contributed by atoms with Crippen LogP contribution < -0.4 is 10.6 Å². The Hall–Kier alpha value is -1.30. The number of nitrogens with zero attached hydrogens (tertiary/aromatic N) is 2. The molecule has 2 rings (SSSR count). The first-order chi connectivity index (χ1) is 12.7. The number of carbonyl (C=O) groups excluding carboxylic acids is 1. The highest BCUT2D eigenvalue weighted by molar-refractivity contribution is 5.80. The van der Waals surface area contributed by atoms with Gasteiger partial charge >= 0.3 is 0 Å². The largest absolute Gasteiger partial charge is 0.378 e. The van der Waals surface area contributed by atoms with E-state index in [1.54, 1.807) is 7.05 Å². The first-order valence-electron chi connectivity index (χ1n) is 10.6. The zero-order chi connectivity index (χ0) is 18.6. The Morgan fingerprint density at radius 2 is 1.88 bits per heavy atom. The normalized spacial score (nSPS) is 20.2. The molecule has 0 spiro atoms. The number of hydrogen-bond donors (Lipinski definition) is 2. The van der Waals surface area contributed by atoms with E-state index < -0.39 is 0 Å². The highest BCUT2D eigenvalue weighted by Gasteiger charge is 2.23. The van der Waals surface area contributed by atoms with Crippen molar-refractivity contribution in [2.45, 2.75) is 70.8 Å². The Balaban J connectivity index is 1.68. The van der Waals surface area contributed by atoms with Gasteiger partial charge in [-0.1, -0.05) is 19.3 Å². The summed E-state index contributed by atoms with van der Waals surface area (Å²) in [7, 11) is 1.71. The third-order valence-electron chi connectivity index (χ3n) is 5.47. The van der Waals surface area contributed by atoms with Gasteiger partial charge in [-0.15, -0.1) is 0 Å². The minimum Gasteiger partial charge on any atom is -0.378 e. The highest BCUT2D eigenvalue weighted by atomic mass is 16.5. The predicted octanol–water partition coefficient (Wildman–Crippen LogP) is 2.54. The lowest BCUT2D eigenvalue weighted by Crippen LogP contribution is -2.46. The minimum atomic E-state index is 0.155. The van der Waals surface area contributed by atoms with Crippen molar-refractivity contribution in [1.82, 2.24) is 15.5 Å². The lowest BCUT2D eigenvalue weighted by Gasteiger charge is -2.34. The van der Waals surface area contributed by atoms with Crippen molar-refractivity contribution in [1.29, 1.82) is 0 Å². The molecule has 6 heteroatoms. The van der Waals surface area contributed by atoms with E-state index in [-0.39, 0.29) is 5.91 Å². The van der Waals surface area contributed by atoms with Gasteiger partial charge in [0.1, 0.15) is 0 Å². The van der Waals surface area contributed by atoms with Crippen LogP contribution in [0.25, 0.3) is 0 Å². The van der Waals surface area contributed by atoms with Gasteiger partial charge in [0.25, 0.3) is 0 Å². The van der Waals surface area contributed by atoms with Gasteiger partial charge in [0.05, 0.1) is 6.10 Å². The summed E-state index contributed by atoms with van der Waals surface area (Å²) in [5.74, 6) is 1.67. The molecular formula is C20H38N4O2. The third kappa shape index (κ3) is 7.52. The minimum absolute atomic E-state index is 0.155. The lowest BCUT2D eigenvalue weighted by atomic mass is 9.93. The summed E-state index contributed by atoms with van der Waals surface area (Å²) in [6, 6.07) is 0. The molecule has 0 aromatic heterocycles. The van der Waals surface area contributed by atoms with E-state index in [4.69, 9.17) is 9.73 Å². The van der Waals surface area contributed by atoms with Crippen LogP contribution in [0.4, 0.5) is 0 Å². The summed E-state index contributed by atoms with van der Waals surface area (Å²) in [5.41, 5.74) is 0. The molecule has 1 amide bonds. The van der Waals surface area contributed by atoms with Gasteiger partial charge in [0, 0.05) is 46.3 Å². The number of amides is 1. The van der Waals surface area contributed by atoms with Gasteiger partial charge in [-0.3, -0.25) is 9.79 Å². The number of piperidine rings is 1. The molecule has 0 radical (unpaired) electrons. The Labute approximate surface area is 159 Å². The second-order valence-corrected chi connectivity index (χ2v) is 7.53. The van der Waals surface area contributed by atoms with Crippen molar-refractivity contribution in [3.8, 4) is 0 Å². The number of aliphatic imine (C=N–C) groups is 1. The van der Waals surface area contributed by atoms with Crippen LogP contribution >= 0.6 is 0 Å². The topological polar surface area (TPSA) is 66.0 Å². The number of hydrogen-bond acceptors (Lipinski definition) is 3. The molecule has 0 bridgehead atoms. The lowest BCUT2D eigenvalue weighted by molar-refractivity contribution is -0.121. The molecule has 1 saturated heterocycles. The summed E-state index contributed by atoms with van der Waals surface area (Å²) in [4.78, 5) is 18.7. The van der Waals surface area contributed by atoms with Crippen LogP contribution in [-0.2, 0) is 9.53 Å². The molecule has 1 aliphatic carbocycles. The Kier molecular flexibility index (Phi) is 9.82. The molecule has 1 heterocycles. The quantitative estimate of drug-likeness (QED) is 0.394. The average Bonchev–Trinajstić information content (AvgIpc) is 2.68. The number of ether oxygens (including phenoxy) is 1. The van der Waals surface area contributed by atoms with Gasteiger partial charge in [-0.05, 0) is 44.9 Å². The van der Waals surface area contributed by atoms with E-state index in [2.05, 4.69) is 22.5 Å². The van der Waals surface area contributed by atoms with E-state index in [0.717, 1.165) is 58.0 Å². The van der Waals surface area contributed by atoms with E-state index in [9.17, 15) is 4.79 Å². The number of rotatable bonds is 8. The van der Waals surface area contributed by atoms with Crippen LogP contribution in [0.1, 0.15) is 64.7 Å². The summed E-state index contributed by atoms with van der Waals surface area (Å²) >= 11 is 0. The standard InChI is InChI=1S/C20H38N4O2/c1-3-22-20(23-12-7-15-26-18-8-5-4-6-9-18)24-13-10-17(11-14-24)16-19(25)21-2/h17-18H,3-16H2,1-2H3,(H,21,25)(H,22,23). The van der Waals surface area contributed by atoms with Crippen molar-refractivity contribution < 1.29 is 9.53 Å². The smallest absolute Gasteiger partial charge is 0.220 e. The molecule has 0 atom stereocenters. The second kappa shape index (κ2) is 12.2. The monoisotopic (exact) mass is 366 g/mol. The molecule has 0 aromatic rings. The van der Waals surface area contributed by atoms with Crippen LogP contribution in [0, 0.1) is 5.92 Å². The van der Waals surface area contributed by atoms with E-state index >= 15 is 0 Å². The van der Waals surface area contributed by atoms with Gasteiger partial charge in [-0.2, -0.15) is 0 Å². The zero-order valence-corrected chi connectivity index (χ0v) is 16.8. The van der Waals surface area contributed by atoms with Crippen molar-refractivity contribution in [2.24, 2.45) is 10.9 Å². The maximum absolute atomic E-state index is 11.5. The third-order valence-corrected chi connectivity index (χ3v) is 5.47. The highest BCUT2D eigenvalue weighted by Crippen LogP contribution is 2.21. The molecule has 0 unspecified atom stereocenters. The molecule has 150 valence electrons. The molecule has 1 saturated carbocycles. The molecule has 2 N–H and O–H groups in total. The van der Waals surface area contributed by atoms with E-state index in [1.807, 2.05) is 0 Å². The Morgan fingerprint density at radius 3 is 2.54 bits per heavy atom. The fourth-order valence-corrected chi connectivity index (χ4v) is 3.87. The molecular weight excluding hydrogens is 328 g/mol. The fraction of sp³-hybridized carbons (Fsp3) is 0.900. The fourth-order valence-electron chi connectivity index (χ4n) is 3.87. The van der Waals surface area contributed by atoms with E-state index in [1.165, 1.54) is 32.1 Å². The van der Waals surface area contributed by atoms with Crippen LogP contribution in [-0.4, -0.2) is 62.7 Å². The van der Waals surface area contributed by atoms with Crippen LogP contribution in [0.5, 0.6) is 0 Å². The molecule has 2 aliphatic rings. The van der Waals surface area contributed by atoms with E-state index in [0.29, 0.717) is 18.4 Å². The van der Waals surface area contributed by atoms with Crippen molar-refractivity contribution in [3.05, 3.63) is 0 Å². The number of nitrogens with one attached hydrogen (secondary N) is 2. The van der Waals surface area contributed by atoms with Gasteiger partial charge in [0.2, 0.25) is 5.91 Å². The number of carbonyl (C=O) groups is 1. The van der Waals surface area contributed by atoms with Crippen molar-refractivity contribution in [2.75, 3.05) is 39.8 Å². The first kappa shape index (κ1) is 21.0. The van der Waals surface area contributed by atoms with Crippen molar-refractivity contribution in [3.63, 3.8) is 0 Å². The first-order valence-corrected chi connectivity index (χ1v) is 10.6. The number of guanidine groups is 1. The van der Waals surface area contributed by atoms with Crippen LogP contribution in [0.3, 0.4) is 0 Å². The maximum Gasteiger partial charge on any atom is 0.220 e. The van der Waals surface area contributed by atoms with Crippen LogP contribution in [0.2, 0.25) is 0 Å². The summed E-state index contributed by atoms with van der Waals surface area (Å²) in [6.07, 6.45) is 10.7. The van der Waals surface area contributed by atoms with Gasteiger partial charge in [-0.25, -0.2) is 0 Å². The molecule has 6 nitrogen and oxygen atoms in total. The Morgan fingerprint density at radius 1 is 1.15 bits per heavy atom. The van der Waals surface area contributed by atoms with Crippen LogP contribution in [0.15, 0.2) is 4.99 Å². The molecule has 26 heavy (non-hydrogen) atoms. The summed E-state index contributed by atoms with van der Waals surface area (Å²) in [6.45, 7) is 6.59. The summed E-state index contributed by atoms with van der Waals surface area (Å²) in [5, 5.41) is 6.14. The van der Waals surface area contributed by atoms with Crippen molar-refractivity contribution >= 4 is 11.9 Å². The predicted molar refractivity (Wildman–Crippen MR) is 106 cm³/mol. The van der Waals surface area contributed by atoms with Gasteiger partial charge in [0.15, 0.2) is 5.96 Å². The SMILES string of the molecule is CCNC(=NCCCOC1CCCCC1)N1CCC(CC(=O)NC)CC1. The Bertz CT molecular complexity index is 428. The molecule has 1 aliphatic heterocycles. The maximum atomic E-state index is 11.5. The second-order valence-electron chi connectivity index (χ2n) is 7.53. The summed E-state index contributed by atoms with van der Waals surface area (Å²) < 4.78 is 5.99. The van der Waals surface area contributed by atoms with Gasteiger partial charge < -0.3 is 20.3 Å². The number of likely N-dealkylation sites (tertiary alicyclic amines) is 1. The zero-order valence-electron chi connectivity index (χ0n) is 16.8. The average molecular weight is 367 g/mol. The molecule has 2 fully saturated rings. The molecule has 0 aromatic carbocycles.